The summed E-state index contributed by atoms with van der Waals surface area (Å²) >= 11 is 0. The van der Waals surface area contributed by atoms with Gasteiger partial charge in [0.15, 0.2) is 0 Å². The molecule has 3 aromatic heterocycles. The minimum atomic E-state index is -0.0915. The Kier molecular flexibility index (Phi) is 5.13. The molecule has 0 saturated carbocycles. The molecule has 0 atom stereocenters. The Morgan fingerprint density at radius 3 is 2.77 bits per heavy atom. The van der Waals surface area contributed by atoms with Gasteiger partial charge in [0.25, 0.3) is 11.3 Å². The molecule has 0 N–H and O–H groups in total. The highest BCUT2D eigenvalue weighted by Crippen LogP contribution is 2.28. The number of pyridine rings is 1. The second-order valence-corrected chi connectivity index (χ2v) is 7.59. The van der Waals surface area contributed by atoms with Crippen molar-refractivity contribution in [1.82, 2.24) is 29.0 Å². The van der Waals surface area contributed by atoms with Gasteiger partial charge in [0.1, 0.15) is 11.6 Å². The van der Waals surface area contributed by atoms with Gasteiger partial charge >= 0.3 is 0 Å². The van der Waals surface area contributed by atoms with E-state index in [1.807, 2.05) is 43.5 Å². The van der Waals surface area contributed by atoms with Crippen molar-refractivity contribution in [1.29, 1.82) is 0 Å². The van der Waals surface area contributed by atoms with E-state index >= 15 is 0 Å². The molecular formula is C22H24N6O3. The number of nitrogens with zero attached hydrogens (tertiary/aromatic N) is 6. The van der Waals surface area contributed by atoms with Crippen molar-refractivity contribution in [3.63, 3.8) is 0 Å². The third kappa shape index (κ3) is 3.66. The quantitative estimate of drug-likeness (QED) is 0.486. The fourth-order valence-electron chi connectivity index (χ4n) is 4.01. The zero-order valence-electron chi connectivity index (χ0n) is 17.6. The number of ether oxygens (including phenoxy) is 2. The predicted molar refractivity (Wildman–Crippen MR) is 117 cm³/mol. The van der Waals surface area contributed by atoms with Gasteiger partial charge < -0.3 is 14.0 Å². The summed E-state index contributed by atoms with van der Waals surface area (Å²) in [6.07, 6.45) is 1.81. The van der Waals surface area contributed by atoms with Gasteiger partial charge in [-0.15, -0.1) is 5.10 Å². The molecule has 1 saturated heterocycles. The maximum absolute atomic E-state index is 13.6. The van der Waals surface area contributed by atoms with Crippen LogP contribution in [0.5, 0.6) is 5.75 Å². The molecule has 0 spiro atoms. The first-order valence-corrected chi connectivity index (χ1v) is 10.3. The molecule has 4 heterocycles. The molecule has 0 radical (unpaired) electrons. The summed E-state index contributed by atoms with van der Waals surface area (Å²) in [5.41, 5.74) is 2.01. The standard InChI is InChI=1S/C22H24N6O3/c1-15-23-22-24-18-6-7-27(9-8-26-10-12-31-13-11-26)21(29)19(18)20(28(22)25-15)16-4-3-5-17(14-16)30-2/h3-7,14H,8-13H2,1-2H3. The van der Waals surface area contributed by atoms with Crippen LogP contribution in [0.1, 0.15) is 5.82 Å². The Bertz CT molecular complexity index is 1310. The summed E-state index contributed by atoms with van der Waals surface area (Å²) < 4.78 is 14.2. The van der Waals surface area contributed by atoms with Crippen LogP contribution in [0.2, 0.25) is 0 Å². The molecule has 0 amide bonds. The van der Waals surface area contributed by atoms with Gasteiger partial charge in [0.2, 0.25) is 0 Å². The molecular weight excluding hydrogens is 396 g/mol. The van der Waals surface area contributed by atoms with E-state index in [2.05, 4.69) is 20.0 Å². The number of hydrogen-bond donors (Lipinski definition) is 0. The molecule has 4 aromatic rings. The van der Waals surface area contributed by atoms with E-state index in [1.165, 1.54) is 0 Å². The normalized spacial score (nSPS) is 15.0. The lowest BCUT2D eigenvalue weighted by atomic mass is 10.1. The van der Waals surface area contributed by atoms with Crippen LogP contribution in [0.3, 0.4) is 0 Å². The van der Waals surface area contributed by atoms with Crippen molar-refractivity contribution in [2.45, 2.75) is 13.5 Å². The topological polar surface area (TPSA) is 86.8 Å². The number of benzene rings is 1. The lowest BCUT2D eigenvalue weighted by Gasteiger charge is -2.26. The summed E-state index contributed by atoms with van der Waals surface area (Å²) in [5, 5.41) is 5.04. The Morgan fingerprint density at radius 1 is 1.13 bits per heavy atom. The lowest BCUT2D eigenvalue weighted by molar-refractivity contribution is 0.0363. The SMILES string of the molecule is COc1cccc(-c2c3c(=O)n(CCN4CCOCC4)ccc3nc3nc(C)nn23)c1. The van der Waals surface area contributed by atoms with Crippen molar-refractivity contribution in [2.24, 2.45) is 0 Å². The van der Waals surface area contributed by atoms with E-state index in [0.29, 0.717) is 40.5 Å². The maximum atomic E-state index is 13.6. The van der Waals surface area contributed by atoms with Crippen molar-refractivity contribution in [3.8, 4) is 17.0 Å². The maximum Gasteiger partial charge on any atom is 0.262 e. The summed E-state index contributed by atoms with van der Waals surface area (Å²) in [6, 6.07) is 9.49. The number of fused-ring (bicyclic) bond motifs is 2. The first-order chi connectivity index (χ1) is 15.1. The van der Waals surface area contributed by atoms with E-state index in [4.69, 9.17) is 9.47 Å². The Morgan fingerprint density at radius 2 is 1.97 bits per heavy atom. The number of hydrogen-bond acceptors (Lipinski definition) is 7. The zero-order valence-corrected chi connectivity index (χ0v) is 17.6. The van der Waals surface area contributed by atoms with Crippen molar-refractivity contribution >= 4 is 16.7 Å². The van der Waals surface area contributed by atoms with E-state index in [1.54, 1.807) is 16.2 Å². The summed E-state index contributed by atoms with van der Waals surface area (Å²) in [6.45, 7) is 6.45. The van der Waals surface area contributed by atoms with Gasteiger partial charge in [0, 0.05) is 37.9 Å². The molecule has 1 aromatic carbocycles. The molecule has 1 aliphatic heterocycles. The molecule has 0 unspecified atom stereocenters. The van der Waals surface area contributed by atoms with E-state index in [9.17, 15) is 4.79 Å². The third-order valence-corrected chi connectivity index (χ3v) is 5.61. The minimum Gasteiger partial charge on any atom is -0.497 e. The molecule has 9 nitrogen and oxygen atoms in total. The highest BCUT2D eigenvalue weighted by atomic mass is 16.5. The van der Waals surface area contributed by atoms with Crippen LogP contribution >= 0.6 is 0 Å². The second kappa shape index (κ2) is 8.09. The van der Waals surface area contributed by atoms with Gasteiger partial charge in [-0.05, 0) is 25.1 Å². The molecule has 1 fully saturated rings. The van der Waals surface area contributed by atoms with Crippen LogP contribution in [0.25, 0.3) is 27.9 Å². The smallest absolute Gasteiger partial charge is 0.262 e. The first-order valence-electron chi connectivity index (χ1n) is 10.3. The molecule has 9 heteroatoms. The lowest BCUT2D eigenvalue weighted by Crippen LogP contribution is -2.39. The van der Waals surface area contributed by atoms with Crippen molar-refractivity contribution in [2.75, 3.05) is 40.0 Å². The number of aryl methyl sites for hydroxylation is 1. The fourth-order valence-corrected chi connectivity index (χ4v) is 4.01. The molecule has 1 aliphatic rings. The van der Waals surface area contributed by atoms with E-state index in [0.717, 1.165) is 38.4 Å². The van der Waals surface area contributed by atoms with Crippen molar-refractivity contribution < 1.29 is 9.47 Å². The van der Waals surface area contributed by atoms with Crippen molar-refractivity contribution in [3.05, 3.63) is 52.7 Å². The average molecular weight is 420 g/mol. The van der Waals surface area contributed by atoms with Gasteiger partial charge in [0.05, 0.1) is 36.9 Å². The number of aromatic nitrogens is 5. The number of morpholine rings is 1. The zero-order chi connectivity index (χ0) is 21.4. The second-order valence-electron chi connectivity index (χ2n) is 7.59. The van der Waals surface area contributed by atoms with Crippen LogP contribution in [0.15, 0.2) is 41.3 Å². The highest BCUT2D eigenvalue weighted by Gasteiger charge is 2.19. The van der Waals surface area contributed by atoms with E-state index in [-0.39, 0.29) is 5.56 Å². The van der Waals surface area contributed by atoms with Crippen LogP contribution in [0, 0.1) is 6.92 Å². The first kappa shape index (κ1) is 19.7. The molecule has 31 heavy (non-hydrogen) atoms. The predicted octanol–water partition coefficient (Wildman–Crippen LogP) is 1.76. The number of rotatable bonds is 5. The summed E-state index contributed by atoms with van der Waals surface area (Å²) in [4.78, 5) is 24.9. The monoisotopic (exact) mass is 420 g/mol. The Balaban J connectivity index is 1.68. The van der Waals surface area contributed by atoms with Gasteiger partial charge in [-0.25, -0.2) is 4.98 Å². The number of methoxy groups -OCH3 is 1. The fraction of sp³-hybridized carbons (Fsp3) is 0.364. The van der Waals surface area contributed by atoms with Gasteiger partial charge in [-0.2, -0.15) is 9.50 Å². The molecule has 160 valence electrons. The van der Waals surface area contributed by atoms with E-state index < -0.39 is 0 Å². The van der Waals surface area contributed by atoms with Gasteiger partial charge in [-0.1, -0.05) is 12.1 Å². The molecule has 0 aliphatic carbocycles. The van der Waals surface area contributed by atoms with Gasteiger partial charge in [-0.3, -0.25) is 9.69 Å². The van der Waals surface area contributed by atoms with Crippen LogP contribution in [-0.2, 0) is 11.3 Å². The minimum absolute atomic E-state index is 0.0915. The summed E-state index contributed by atoms with van der Waals surface area (Å²) in [7, 11) is 1.62. The van der Waals surface area contributed by atoms with Crippen LogP contribution in [0.4, 0.5) is 0 Å². The Hall–Kier alpha value is -3.30. The highest BCUT2D eigenvalue weighted by molar-refractivity contribution is 5.93. The Labute approximate surface area is 178 Å². The largest absolute Gasteiger partial charge is 0.497 e. The molecule has 0 bridgehead atoms. The summed E-state index contributed by atoms with van der Waals surface area (Å²) in [5.74, 6) is 1.77. The average Bonchev–Trinajstić information content (AvgIpc) is 3.17. The third-order valence-electron chi connectivity index (χ3n) is 5.61. The van der Waals surface area contributed by atoms with Crippen LogP contribution in [-0.4, -0.2) is 69.0 Å². The molecule has 5 rings (SSSR count). The van der Waals surface area contributed by atoms with Crippen LogP contribution < -0.4 is 10.3 Å².